The summed E-state index contributed by atoms with van der Waals surface area (Å²) >= 11 is 1.56. The fourth-order valence-electron chi connectivity index (χ4n) is 1.81. The molecule has 2 rings (SSSR count). The van der Waals surface area contributed by atoms with Crippen molar-refractivity contribution in [3.63, 3.8) is 0 Å². The van der Waals surface area contributed by atoms with Gasteiger partial charge in [-0.2, -0.15) is 0 Å². The quantitative estimate of drug-likeness (QED) is 0.899. The van der Waals surface area contributed by atoms with Gasteiger partial charge in [0.15, 0.2) is 0 Å². The minimum atomic E-state index is -0.952. The van der Waals surface area contributed by atoms with Gasteiger partial charge >= 0.3 is 5.97 Å². The van der Waals surface area contributed by atoms with E-state index >= 15 is 0 Å². The van der Waals surface area contributed by atoms with Crippen LogP contribution in [0.3, 0.4) is 0 Å². The second-order valence-electron chi connectivity index (χ2n) is 4.27. The Bertz CT molecular complexity index is 606. The van der Waals surface area contributed by atoms with Gasteiger partial charge in [-0.3, -0.25) is 0 Å². The van der Waals surface area contributed by atoms with E-state index in [0.29, 0.717) is 5.75 Å². The number of rotatable bonds is 5. The summed E-state index contributed by atoms with van der Waals surface area (Å²) in [6, 6.07) is 13.2. The molecule has 0 aromatic heterocycles. The number of carboxylic acids is 1. The van der Waals surface area contributed by atoms with Gasteiger partial charge < -0.3 is 9.84 Å². The molecule has 4 heteroatoms. The van der Waals surface area contributed by atoms with Crippen LogP contribution >= 0.6 is 11.8 Å². The van der Waals surface area contributed by atoms with Crippen molar-refractivity contribution < 1.29 is 14.6 Å². The molecule has 0 atom stereocenters. The first-order chi connectivity index (χ1) is 9.63. The van der Waals surface area contributed by atoms with Crippen molar-refractivity contribution >= 4 is 17.7 Å². The van der Waals surface area contributed by atoms with E-state index in [1.807, 2.05) is 0 Å². The predicted molar refractivity (Wildman–Crippen MR) is 79.9 cm³/mol. The highest BCUT2D eigenvalue weighted by atomic mass is 32.2. The molecular formula is C16H16O3S. The van der Waals surface area contributed by atoms with E-state index in [1.165, 1.54) is 5.56 Å². The third kappa shape index (κ3) is 3.33. The second-order valence-corrected chi connectivity index (χ2v) is 5.39. The lowest BCUT2D eigenvalue weighted by Gasteiger charge is -2.09. The lowest BCUT2D eigenvalue weighted by molar-refractivity contribution is 0.0696. The van der Waals surface area contributed by atoms with Crippen LogP contribution in [0.2, 0.25) is 0 Å². The summed E-state index contributed by atoms with van der Waals surface area (Å²) in [7, 11) is 1.55. The molecule has 2 aromatic carbocycles. The number of aryl methyl sites for hydroxylation is 1. The van der Waals surface area contributed by atoms with Gasteiger partial charge in [0.05, 0.1) is 17.6 Å². The maximum Gasteiger partial charge on any atom is 0.335 e. The molecule has 0 unspecified atom stereocenters. The van der Waals surface area contributed by atoms with E-state index in [0.717, 1.165) is 16.2 Å². The fourth-order valence-corrected chi connectivity index (χ4v) is 2.71. The summed E-state index contributed by atoms with van der Waals surface area (Å²) in [5.41, 5.74) is 1.52. The first-order valence-corrected chi connectivity index (χ1v) is 7.13. The molecule has 0 spiro atoms. The molecule has 0 heterocycles. The highest BCUT2D eigenvalue weighted by molar-refractivity contribution is 7.99. The third-order valence-electron chi connectivity index (χ3n) is 2.97. The molecule has 1 N–H and O–H groups in total. The Morgan fingerprint density at radius 3 is 2.45 bits per heavy atom. The Balaban J connectivity index is 2.25. The van der Waals surface area contributed by atoms with Crippen LogP contribution < -0.4 is 4.74 Å². The molecule has 0 saturated heterocycles. The SMILES string of the molecule is CCc1ccc(Sc2ccc(C(=O)O)cc2OC)cc1. The summed E-state index contributed by atoms with van der Waals surface area (Å²) in [6.45, 7) is 2.12. The first-order valence-electron chi connectivity index (χ1n) is 6.32. The summed E-state index contributed by atoms with van der Waals surface area (Å²) < 4.78 is 5.27. The third-order valence-corrected chi connectivity index (χ3v) is 4.04. The maximum absolute atomic E-state index is 10.9. The van der Waals surface area contributed by atoms with E-state index in [1.54, 1.807) is 37.1 Å². The maximum atomic E-state index is 10.9. The summed E-state index contributed by atoms with van der Waals surface area (Å²) in [5.74, 6) is -0.374. The van der Waals surface area contributed by atoms with Gasteiger partial charge in [0.25, 0.3) is 0 Å². The molecule has 0 fully saturated rings. The smallest absolute Gasteiger partial charge is 0.335 e. The van der Waals surface area contributed by atoms with Crippen molar-refractivity contribution in [2.45, 2.75) is 23.1 Å². The van der Waals surface area contributed by atoms with E-state index in [-0.39, 0.29) is 5.56 Å². The normalized spacial score (nSPS) is 10.3. The molecule has 0 saturated carbocycles. The van der Waals surface area contributed by atoms with Crippen LogP contribution in [0.5, 0.6) is 5.75 Å². The number of hydrogen-bond acceptors (Lipinski definition) is 3. The fraction of sp³-hybridized carbons (Fsp3) is 0.188. The number of ether oxygens (including phenoxy) is 1. The topological polar surface area (TPSA) is 46.5 Å². The lowest BCUT2D eigenvalue weighted by Crippen LogP contribution is -1.97. The Kier molecular flexibility index (Phi) is 4.69. The number of carbonyl (C=O) groups is 1. The minimum absolute atomic E-state index is 0.229. The van der Waals surface area contributed by atoms with E-state index < -0.39 is 5.97 Å². The van der Waals surface area contributed by atoms with E-state index in [4.69, 9.17) is 9.84 Å². The highest BCUT2D eigenvalue weighted by Crippen LogP contribution is 2.35. The molecule has 3 nitrogen and oxygen atoms in total. The van der Waals surface area contributed by atoms with Crippen molar-refractivity contribution in [3.8, 4) is 5.75 Å². The average Bonchev–Trinajstić information content (AvgIpc) is 2.48. The molecule has 20 heavy (non-hydrogen) atoms. The van der Waals surface area contributed by atoms with Gasteiger partial charge in [0, 0.05) is 4.90 Å². The number of aromatic carboxylic acids is 1. The zero-order valence-corrected chi connectivity index (χ0v) is 12.2. The van der Waals surface area contributed by atoms with Crippen LogP contribution in [0.1, 0.15) is 22.8 Å². The summed E-state index contributed by atoms with van der Waals surface area (Å²) in [6.07, 6.45) is 1.02. The Morgan fingerprint density at radius 1 is 1.20 bits per heavy atom. The summed E-state index contributed by atoms with van der Waals surface area (Å²) in [5, 5.41) is 8.98. The number of carboxylic acid groups (broad SMARTS) is 1. The van der Waals surface area contributed by atoms with Crippen LogP contribution in [0, 0.1) is 0 Å². The zero-order chi connectivity index (χ0) is 14.5. The van der Waals surface area contributed by atoms with Gasteiger partial charge in [0.2, 0.25) is 0 Å². The lowest BCUT2D eigenvalue weighted by atomic mass is 10.2. The Labute approximate surface area is 122 Å². The largest absolute Gasteiger partial charge is 0.496 e. The predicted octanol–water partition coefficient (Wildman–Crippen LogP) is 4.11. The van der Waals surface area contributed by atoms with Crippen LogP contribution in [-0.2, 0) is 6.42 Å². The van der Waals surface area contributed by atoms with Crippen LogP contribution in [0.15, 0.2) is 52.3 Å². The van der Waals surface area contributed by atoms with Crippen molar-refractivity contribution in [1.82, 2.24) is 0 Å². The minimum Gasteiger partial charge on any atom is -0.496 e. The highest BCUT2D eigenvalue weighted by Gasteiger charge is 2.10. The number of methoxy groups -OCH3 is 1. The Hall–Kier alpha value is -1.94. The van der Waals surface area contributed by atoms with Crippen molar-refractivity contribution in [3.05, 3.63) is 53.6 Å². The molecular weight excluding hydrogens is 272 g/mol. The van der Waals surface area contributed by atoms with E-state index in [9.17, 15) is 4.79 Å². The molecule has 0 aliphatic rings. The van der Waals surface area contributed by atoms with Crippen LogP contribution in [0.4, 0.5) is 0 Å². The second kappa shape index (κ2) is 6.48. The monoisotopic (exact) mass is 288 g/mol. The van der Waals surface area contributed by atoms with Gasteiger partial charge in [0.1, 0.15) is 5.75 Å². The molecule has 2 aromatic rings. The standard InChI is InChI=1S/C16H16O3S/c1-3-11-4-7-13(8-5-11)20-15-9-6-12(16(17)18)10-14(15)19-2/h4-10H,3H2,1-2H3,(H,17,18). The van der Waals surface area contributed by atoms with Crippen molar-refractivity contribution in [1.29, 1.82) is 0 Å². The van der Waals surface area contributed by atoms with Gasteiger partial charge in [-0.05, 0) is 42.3 Å². The number of hydrogen-bond donors (Lipinski definition) is 1. The molecule has 0 aliphatic heterocycles. The zero-order valence-electron chi connectivity index (χ0n) is 11.4. The number of benzene rings is 2. The molecule has 104 valence electrons. The molecule has 0 amide bonds. The van der Waals surface area contributed by atoms with Gasteiger partial charge in [-0.25, -0.2) is 4.79 Å². The molecule has 0 aliphatic carbocycles. The van der Waals surface area contributed by atoms with E-state index in [2.05, 4.69) is 31.2 Å². The Morgan fingerprint density at radius 2 is 1.90 bits per heavy atom. The average molecular weight is 288 g/mol. The van der Waals surface area contributed by atoms with Crippen LogP contribution in [0.25, 0.3) is 0 Å². The molecule has 0 radical (unpaired) electrons. The first kappa shape index (κ1) is 14.5. The van der Waals surface area contributed by atoms with Gasteiger partial charge in [-0.1, -0.05) is 30.8 Å². The van der Waals surface area contributed by atoms with Gasteiger partial charge in [-0.15, -0.1) is 0 Å². The van der Waals surface area contributed by atoms with Crippen molar-refractivity contribution in [2.75, 3.05) is 7.11 Å². The van der Waals surface area contributed by atoms with Crippen LogP contribution in [-0.4, -0.2) is 18.2 Å². The van der Waals surface area contributed by atoms with Crippen molar-refractivity contribution in [2.24, 2.45) is 0 Å². The summed E-state index contributed by atoms with van der Waals surface area (Å²) in [4.78, 5) is 13.0. The molecule has 0 bridgehead atoms.